The first-order valence-corrected chi connectivity index (χ1v) is 6.16. The SMILES string of the molecule is CCC(C)(C)N(C)C(=O)N1C[C@H](O)C[C@@H]1C(=O)O. The standard InChI is InChI=1S/C12H22N2O4/c1-5-12(2,3)13(4)11(18)14-7-8(15)6-9(14)10(16)17/h8-9,15H,5-7H2,1-4H3,(H,16,17)/t8-,9-/m1/s1. The van der Waals surface area contributed by atoms with Gasteiger partial charge in [-0.25, -0.2) is 9.59 Å². The Morgan fingerprint density at radius 1 is 1.44 bits per heavy atom. The predicted octanol–water partition coefficient (Wildman–Crippen LogP) is 0.747. The smallest absolute Gasteiger partial charge is 0.326 e. The van der Waals surface area contributed by atoms with Crippen molar-refractivity contribution in [1.82, 2.24) is 9.80 Å². The Balaban J connectivity index is 2.86. The van der Waals surface area contributed by atoms with E-state index in [9.17, 15) is 14.7 Å². The minimum absolute atomic E-state index is 0.0833. The summed E-state index contributed by atoms with van der Waals surface area (Å²) in [6, 6.07) is -1.27. The third-order valence-corrected chi connectivity index (χ3v) is 3.87. The molecule has 0 radical (unpaired) electrons. The number of aliphatic carboxylic acids is 1. The van der Waals surface area contributed by atoms with E-state index in [1.165, 1.54) is 4.90 Å². The fourth-order valence-corrected chi connectivity index (χ4v) is 1.95. The van der Waals surface area contributed by atoms with Crippen molar-refractivity contribution >= 4 is 12.0 Å². The molecule has 0 unspecified atom stereocenters. The molecular formula is C12H22N2O4. The van der Waals surface area contributed by atoms with Crippen molar-refractivity contribution in [2.75, 3.05) is 13.6 Å². The molecule has 0 bridgehead atoms. The molecule has 0 aromatic heterocycles. The van der Waals surface area contributed by atoms with Gasteiger partial charge in [-0.15, -0.1) is 0 Å². The topological polar surface area (TPSA) is 81.1 Å². The Bertz CT molecular complexity index is 343. The number of likely N-dealkylation sites (tertiary alicyclic amines) is 1. The van der Waals surface area contributed by atoms with Crippen molar-refractivity contribution in [2.24, 2.45) is 0 Å². The molecule has 104 valence electrons. The molecule has 0 aromatic carbocycles. The number of amides is 2. The summed E-state index contributed by atoms with van der Waals surface area (Å²) in [4.78, 5) is 26.2. The van der Waals surface area contributed by atoms with Crippen molar-refractivity contribution < 1.29 is 19.8 Å². The van der Waals surface area contributed by atoms with Crippen LogP contribution in [0, 0.1) is 0 Å². The first kappa shape index (κ1) is 14.8. The van der Waals surface area contributed by atoms with Crippen molar-refractivity contribution in [3.63, 3.8) is 0 Å². The molecule has 1 heterocycles. The Morgan fingerprint density at radius 2 is 2.00 bits per heavy atom. The number of aliphatic hydroxyl groups is 1. The quantitative estimate of drug-likeness (QED) is 0.782. The fourth-order valence-electron chi connectivity index (χ4n) is 1.95. The van der Waals surface area contributed by atoms with Crippen LogP contribution in [0.1, 0.15) is 33.6 Å². The van der Waals surface area contributed by atoms with Gasteiger partial charge in [-0.2, -0.15) is 0 Å². The molecule has 2 atom stereocenters. The van der Waals surface area contributed by atoms with Crippen molar-refractivity contribution in [3.8, 4) is 0 Å². The normalized spacial score (nSPS) is 24.2. The summed E-state index contributed by atoms with van der Waals surface area (Å²) in [6.45, 7) is 5.90. The molecule has 0 spiro atoms. The van der Waals surface area contributed by atoms with Gasteiger partial charge in [0.1, 0.15) is 6.04 Å². The van der Waals surface area contributed by atoms with Crippen molar-refractivity contribution in [1.29, 1.82) is 0 Å². The average molecular weight is 258 g/mol. The van der Waals surface area contributed by atoms with E-state index in [2.05, 4.69) is 0 Å². The first-order valence-electron chi connectivity index (χ1n) is 6.16. The highest BCUT2D eigenvalue weighted by Crippen LogP contribution is 2.24. The van der Waals surface area contributed by atoms with Crippen LogP contribution in [0.4, 0.5) is 4.79 Å². The Hall–Kier alpha value is -1.30. The van der Waals surface area contributed by atoms with Crippen LogP contribution in [-0.2, 0) is 4.79 Å². The van der Waals surface area contributed by atoms with Gasteiger partial charge in [0, 0.05) is 25.6 Å². The molecule has 6 nitrogen and oxygen atoms in total. The second kappa shape index (κ2) is 5.14. The van der Waals surface area contributed by atoms with Gasteiger partial charge in [0.15, 0.2) is 0 Å². The zero-order chi connectivity index (χ0) is 14.1. The summed E-state index contributed by atoms with van der Waals surface area (Å²) in [5.74, 6) is -1.07. The van der Waals surface area contributed by atoms with Gasteiger partial charge in [0.2, 0.25) is 0 Å². The molecule has 0 aliphatic carbocycles. The van der Waals surface area contributed by atoms with Gasteiger partial charge in [-0.1, -0.05) is 6.92 Å². The molecule has 0 saturated carbocycles. The highest BCUT2D eigenvalue weighted by atomic mass is 16.4. The van der Waals surface area contributed by atoms with E-state index in [-0.39, 0.29) is 24.5 Å². The molecule has 2 N–H and O–H groups in total. The van der Waals surface area contributed by atoms with Crippen LogP contribution in [0.2, 0.25) is 0 Å². The van der Waals surface area contributed by atoms with Crippen LogP contribution in [-0.4, -0.2) is 63.3 Å². The molecule has 6 heteroatoms. The third-order valence-electron chi connectivity index (χ3n) is 3.87. The van der Waals surface area contributed by atoms with Gasteiger partial charge < -0.3 is 20.0 Å². The Labute approximate surface area is 107 Å². The number of aliphatic hydroxyl groups excluding tert-OH is 1. The second-order valence-corrected chi connectivity index (χ2v) is 5.40. The molecule has 1 saturated heterocycles. The average Bonchev–Trinajstić information content (AvgIpc) is 2.69. The number of carbonyl (C=O) groups excluding carboxylic acids is 1. The van der Waals surface area contributed by atoms with E-state index >= 15 is 0 Å². The summed E-state index contributed by atoms with van der Waals surface area (Å²) in [5, 5.41) is 18.6. The van der Waals surface area contributed by atoms with Crippen LogP contribution < -0.4 is 0 Å². The number of carboxylic acids is 1. The summed E-state index contributed by atoms with van der Waals surface area (Å²) in [5.41, 5.74) is -0.340. The number of hydrogen-bond donors (Lipinski definition) is 2. The number of nitrogens with zero attached hydrogens (tertiary/aromatic N) is 2. The van der Waals surface area contributed by atoms with Gasteiger partial charge in [-0.3, -0.25) is 0 Å². The first-order chi connectivity index (χ1) is 8.20. The predicted molar refractivity (Wildman–Crippen MR) is 66.3 cm³/mol. The molecule has 1 rings (SSSR count). The van der Waals surface area contributed by atoms with E-state index in [0.717, 1.165) is 6.42 Å². The summed E-state index contributed by atoms with van der Waals surface area (Å²) >= 11 is 0. The van der Waals surface area contributed by atoms with E-state index in [4.69, 9.17) is 5.11 Å². The van der Waals surface area contributed by atoms with Crippen molar-refractivity contribution in [3.05, 3.63) is 0 Å². The van der Waals surface area contributed by atoms with Crippen LogP contribution in [0.5, 0.6) is 0 Å². The van der Waals surface area contributed by atoms with Gasteiger partial charge in [-0.05, 0) is 20.3 Å². The lowest BCUT2D eigenvalue weighted by Gasteiger charge is -2.38. The number of carbonyl (C=O) groups is 2. The number of urea groups is 1. The van der Waals surface area contributed by atoms with Crippen molar-refractivity contribution in [2.45, 2.75) is 51.3 Å². The number of hydrogen-bond acceptors (Lipinski definition) is 3. The number of carboxylic acid groups (broad SMARTS) is 1. The highest BCUT2D eigenvalue weighted by Gasteiger charge is 2.42. The van der Waals surface area contributed by atoms with E-state index < -0.39 is 18.1 Å². The maximum Gasteiger partial charge on any atom is 0.326 e. The summed E-state index contributed by atoms with van der Waals surface area (Å²) in [7, 11) is 1.66. The minimum atomic E-state index is -1.07. The van der Waals surface area contributed by atoms with Crippen LogP contribution >= 0.6 is 0 Å². The second-order valence-electron chi connectivity index (χ2n) is 5.40. The zero-order valence-electron chi connectivity index (χ0n) is 11.4. The van der Waals surface area contributed by atoms with Gasteiger partial charge in [0.25, 0.3) is 0 Å². The summed E-state index contributed by atoms with van der Waals surface area (Å²) in [6.07, 6.45) is 0.110. The number of β-amino-alcohol motifs (C(OH)–C–C–N with tert-alkyl or cyclic N) is 1. The molecule has 1 aliphatic heterocycles. The molecule has 0 aromatic rings. The minimum Gasteiger partial charge on any atom is -0.480 e. The van der Waals surface area contributed by atoms with Gasteiger partial charge >= 0.3 is 12.0 Å². The van der Waals surface area contributed by atoms with Crippen LogP contribution in [0.3, 0.4) is 0 Å². The molecule has 2 amide bonds. The summed E-state index contributed by atoms with van der Waals surface area (Å²) < 4.78 is 0. The molecular weight excluding hydrogens is 236 g/mol. The third kappa shape index (κ3) is 2.75. The van der Waals surface area contributed by atoms with Gasteiger partial charge in [0.05, 0.1) is 6.10 Å². The van der Waals surface area contributed by atoms with E-state index in [1.54, 1.807) is 11.9 Å². The highest BCUT2D eigenvalue weighted by molar-refractivity contribution is 5.83. The molecule has 1 fully saturated rings. The Kier molecular flexibility index (Phi) is 4.21. The lowest BCUT2D eigenvalue weighted by Crippen LogP contribution is -2.53. The maximum absolute atomic E-state index is 12.3. The largest absolute Gasteiger partial charge is 0.480 e. The van der Waals surface area contributed by atoms with Crippen LogP contribution in [0.25, 0.3) is 0 Å². The lowest BCUT2D eigenvalue weighted by molar-refractivity contribution is -0.141. The number of rotatable bonds is 3. The fraction of sp³-hybridized carbons (Fsp3) is 0.833. The Morgan fingerprint density at radius 3 is 2.44 bits per heavy atom. The maximum atomic E-state index is 12.3. The van der Waals surface area contributed by atoms with Crippen LogP contribution in [0.15, 0.2) is 0 Å². The zero-order valence-corrected chi connectivity index (χ0v) is 11.4. The molecule has 1 aliphatic rings. The molecule has 18 heavy (non-hydrogen) atoms. The monoisotopic (exact) mass is 258 g/mol. The van der Waals surface area contributed by atoms with E-state index in [1.807, 2.05) is 20.8 Å². The lowest BCUT2D eigenvalue weighted by atomic mass is 10.0. The van der Waals surface area contributed by atoms with E-state index in [0.29, 0.717) is 0 Å².